The van der Waals surface area contributed by atoms with Crippen molar-refractivity contribution in [2.45, 2.75) is 72.8 Å². The van der Waals surface area contributed by atoms with E-state index in [0.717, 1.165) is 17.8 Å². The van der Waals surface area contributed by atoms with Crippen LogP contribution in [0.15, 0.2) is 0 Å². The highest BCUT2D eigenvalue weighted by atomic mass is 16.5. The average Bonchev–Trinajstić information content (AvgIpc) is 2.81. The van der Waals surface area contributed by atoms with Gasteiger partial charge in [-0.3, -0.25) is 0 Å². The van der Waals surface area contributed by atoms with Crippen LogP contribution >= 0.6 is 0 Å². The molecule has 0 aromatic carbocycles. The van der Waals surface area contributed by atoms with Gasteiger partial charge < -0.3 is 4.74 Å². The Kier molecular flexibility index (Phi) is 2.63. The molecule has 0 spiro atoms. The van der Waals surface area contributed by atoms with E-state index in [2.05, 4.69) is 41.5 Å². The van der Waals surface area contributed by atoms with Gasteiger partial charge in [-0.05, 0) is 66.6 Å². The van der Waals surface area contributed by atoms with E-state index in [9.17, 15) is 0 Å². The predicted octanol–water partition coefficient (Wildman–Crippen LogP) is 4.90. The number of methoxy groups -OCH3 is 1. The molecule has 0 aromatic heterocycles. The van der Waals surface area contributed by atoms with Crippen LogP contribution in [-0.2, 0) is 4.74 Å². The summed E-state index contributed by atoms with van der Waals surface area (Å²) < 4.78 is 6.07. The Morgan fingerprint density at radius 1 is 0.895 bits per heavy atom. The summed E-state index contributed by atoms with van der Waals surface area (Å²) in [7, 11) is 1.94. The number of fused-ring (bicyclic) bond motifs is 3. The summed E-state index contributed by atoms with van der Waals surface area (Å²) in [5.41, 5.74) is 1.57. The molecule has 0 radical (unpaired) electrons. The molecule has 0 saturated heterocycles. The van der Waals surface area contributed by atoms with E-state index in [1.807, 2.05) is 7.11 Å². The molecular formula is C18H32O. The minimum absolute atomic E-state index is 0.103. The molecule has 3 aliphatic carbocycles. The van der Waals surface area contributed by atoms with Crippen molar-refractivity contribution in [3.63, 3.8) is 0 Å². The van der Waals surface area contributed by atoms with Crippen LogP contribution in [-0.4, -0.2) is 12.7 Å². The molecular weight excluding hydrogens is 232 g/mol. The van der Waals surface area contributed by atoms with E-state index < -0.39 is 0 Å². The van der Waals surface area contributed by atoms with Crippen molar-refractivity contribution in [2.75, 3.05) is 7.11 Å². The molecule has 0 heterocycles. The van der Waals surface area contributed by atoms with Gasteiger partial charge >= 0.3 is 0 Å². The lowest BCUT2D eigenvalue weighted by Crippen LogP contribution is -2.48. The van der Waals surface area contributed by atoms with Gasteiger partial charge in [0, 0.05) is 7.11 Å². The highest BCUT2D eigenvalue weighted by Crippen LogP contribution is 2.79. The predicted molar refractivity (Wildman–Crippen MR) is 80.0 cm³/mol. The first-order valence-corrected chi connectivity index (χ1v) is 8.16. The Balaban J connectivity index is 2.09. The highest BCUT2D eigenvalue weighted by Gasteiger charge is 2.74. The van der Waals surface area contributed by atoms with Gasteiger partial charge in [0.2, 0.25) is 0 Å². The number of hydrogen-bond acceptors (Lipinski definition) is 1. The summed E-state index contributed by atoms with van der Waals surface area (Å²) >= 11 is 0. The van der Waals surface area contributed by atoms with E-state index >= 15 is 0 Å². The summed E-state index contributed by atoms with van der Waals surface area (Å²) in [6.07, 6.45) is 5.34. The van der Waals surface area contributed by atoms with Crippen LogP contribution in [0, 0.1) is 34.0 Å². The third-order valence-electron chi connectivity index (χ3n) is 8.09. The summed E-state index contributed by atoms with van der Waals surface area (Å²) in [5, 5.41) is 0. The minimum atomic E-state index is 0.103. The van der Waals surface area contributed by atoms with E-state index in [-0.39, 0.29) is 5.60 Å². The molecule has 110 valence electrons. The van der Waals surface area contributed by atoms with Crippen LogP contribution in [0.5, 0.6) is 0 Å². The fourth-order valence-corrected chi connectivity index (χ4v) is 6.46. The Morgan fingerprint density at radius 2 is 1.53 bits per heavy atom. The zero-order valence-electron chi connectivity index (χ0n) is 14.0. The van der Waals surface area contributed by atoms with E-state index in [4.69, 9.17) is 4.74 Å². The monoisotopic (exact) mass is 264 g/mol. The lowest BCUT2D eigenvalue weighted by atomic mass is 9.58. The van der Waals surface area contributed by atoms with Crippen LogP contribution in [0.25, 0.3) is 0 Å². The van der Waals surface area contributed by atoms with Gasteiger partial charge in [-0.25, -0.2) is 0 Å². The molecule has 0 bridgehead atoms. The van der Waals surface area contributed by atoms with Gasteiger partial charge in [-0.2, -0.15) is 0 Å². The van der Waals surface area contributed by atoms with Crippen LogP contribution in [0.1, 0.15) is 67.2 Å². The second-order valence-corrected chi connectivity index (χ2v) is 9.22. The van der Waals surface area contributed by atoms with Crippen molar-refractivity contribution in [1.29, 1.82) is 0 Å². The van der Waals surface area contributed by atoms with Crippen molar-refractivity contribution in [1.82, 2.24) is 0 Å². The molecule has 3 aliphatic rings. The SMILES string of the molecule is CO[C@]1(C)CC[C@@H]2[C@@H](C2(C)C)[C@@]2(C)[C@H]1CCC2(C)C. The zero-order valence-corrected chi connectivity index (χ0v) is 14.0. The van der Waals surface area contributed by atoms with E-state index in [1.54, 1.807) is 0 Å². The lowest BCUT2D eigenvalue weighted by Gasteiger charge is -2.49. The highest BCUT2D eigenvalue weighted by molar-refractivity contribution is 5.22. The first-order chi connectivity index (χ1) is 8.61. The van der Waals surface area contributed by atoms with Gasteiger partial charge in [-0.15, -0.1) is 0 Å². The first-order valence-electron chi connectivity index (χ1n) is 8.16. The Bertz CT molecular complexity index is 396. The van der Waals surface area contributed by atoms with E-state index in [1.165, 1.54) is 25.7 Å². The summed E-state index contributed by atoms with van der Waals surface area (Å²) in [5.74, 6) is 2.56. The van der Waals surface area contributed by atoms with Crippen LogP contribution in [0.3, 0.4) is 0 Å². The number of rotatable bonds is 1. The van der Waals surface area contributed by atoms with Crippen LogP contribution in [0.2, 0.25) is 0 Å². The Hall–Kier alpha value is -0.0400. The summed E-state index contributed by atoms with van der Waals surface area (Å²) in [6, 6.07) is 0. The molecule has 0 N–H and O–H groups in total. The molecule has 0 amide bonds. The van der Waals surface area contributed by atoms with Gasteiger partial charge in [-0.1, -0.05) is 34.6 Å². The molecule has 5 atom stereocenters. The van der Waals surface area contributed by atoms with E-state index in [0.29, 0.717) is 16.2 Å². The van der Waals surface area contributed by atoms with Crippen molar-refractivity contribution >= 4 is 0 Å². The smallest absolute Gasteiger partial charge is 0.0684 e. The second kappa shape index (κ2) is 3.59. The molecule has 3 fully saturated rings. The summed E-state index contributed by atoms with van der Waals surface area (Å²) in [4.78, 5) is 0. The van der Waals surface area contributed by atoms with Crippen LogP contribution < -0.4 is 0 Å². The lowest BCUT2D eigenvalue weighted by molar-refractivity contribution is -0.105. The Morgan fingerprint density at radius 3 is 2.11 bits per heavy atom. The minimum Gasteiger partial charge on any atom is -0.378 e. The quantitative estimate of drug-likeness (QED) is 0.654. The van der Waals surface area contributed by atoms with Gasteiger partial charge in [0.1, 0.15) is 0 Å². The van der Waals surface area contributed by atoms with Crippen molar-refractivity contribution in [3.05, 3.63) is 0 Å². The molecule has 0 aliphatic heterocycles. The standard InChI is InChI=1S/C18H32O/c1-15(2)10-9-13-17(5,19-7)11-8-12-14(16(12,3)4)18(13,15)6/h12-14H,8-11H2,1-7H3/t12-,13+,14+,17-,18-/m1/s1. The van der Waals surface area contributed by atoms with Gasteiger partial charge in [0.15, 0.2) is 0 Å². The maximum absolute atomic E-state index is 6.07. The van der Waals surface area contributed by atoms with Crippen molar-refractivity contribution in [3.8, 4) is 0 Å². The third-order valence-corrected chi connectivity index (χ3v) is 8.09. The average molecular weight is 264 g/mol. The third kappa shape index (κ3) is 1.46. The topological polar surface area (TPSA) is 9.23 Å². The number of hydrogen-bond donors (Lipinski definition) is 0. The molecule has 3 saturated carbocycles. The molecule has 1 nitrogen and oxygen atoms in total. The fourth-order valence-electron chi connectivity index (χ4n) is 6.46. The normalized spacial score (nSPS) is 54.2. The van der Waals surface area contributed by atoms with Crippen LogP contribution in [0.4, 0.5) is 0 Å². The maximum atomic E-state index is 6.07. The summed E-state index contributed by atoms with van der Waals surface area (Å²) in [6.45, 7) is 15.0. The largest absolute Gasteiger partial charge is 0.378 e. The molecule has 3 rings (SSSR count). The fraction of sp³-hybridized carbons (Fsp3) is 1.00. The molecule has 19 heavy (non-hydrogen) atoms. The van der Waals surface area contributed by atoms with Gasteiger partial charge in [0.25, 0.3) is 0 Å². The van der Waals surface area contributed by atoms with Gasteiger partial charge in [0.05, 0.1) is 5.60 Å². The number of ether oxygens (including phenoxy) is 1. The van der Waals surface area contributed by atoms with Crippen molar-refractivity contribution < 1.29 is 4.74 Å². The first kappa shape index (κ1) is 13.9. The molecule has 0 unspecified atom stereocenters. The van der Waals surface area contributed by atoms with Crippen molar-refractivity contribution in [2.24, 2.45) is 34.0 Å². The molecule has 0 aromatic rings. The second-order valence-electron chi connectivity index (χ2n) is 9.22. The molecule has 1 heteroatoms. The maximum Gasteiger partial charge on any atom is 0.0684 e. The Labute approximate surface area is 119 Å². The zero-order chi connectivity index (χ0) is 14.3.